The molecule has 92 valence electrons. The number of halogens is 2. The zero-order valence-corrected chi connectivity index (χ0v) is 13.0. The van der Waals surface area contributed by atoms with Crippen LogP contribution in [0.25, 0.3) is 0 Å². The smallest absolute Gasteiger partial charge is 0.206 e. The third-order valence-electron chi connectivity index (χ3n) is 3.97. The summed E-state index contributed by atoms with van der Waals surface area (Å²) in [7, 11) is 0. The largest absolute Gasteiger partial charge is 0.299 e. The summed E-state index contributed by atoms with van der Waals surface area (Å²) < 4.78 is 1.19. The zero-order chi connectivity index (χ0) is 12.8. The highest BCUT2D eigenvalue weighted by atomic mass is 79.9. The lowest BCUT2D eigenvalue weighted by atomic mass is 9.76. The van der Waals surface area contributed by atoms with Crippen LogP contribution in [0.3, 0.4) is 0 Å². The van der Waals surface area contributed by atoms with Crippen molar-refractivity contribution in [3.63, 3.8) is 0 Å². The van der Waals surface area contributed by atoms with Crippen molar-refractivity contribution in [3.05, 3.63) is 21.1 Å². The Labute approximate surface area is 118 Å². The van der Waals surface area contributed by atoms with E-state index in [4.69, 9.17) is 0 Å². The van der Waals surface area contributed by atoms with Crippen LogP contribution in [0.5, 0.6) is 0 Å². The standard InChI is InChI=1S/C13H14Br2O2/c1-8(16)12(2)3-4-13(7-12)5-9(14)11(17)10(15)6-13/h5-6H,3-4,7H2,1-2H3. The SMILES string of the molecule is CC(=O)C1(C)CCC2(C=C(Br)C(=O)C(Br)=C2)C1. The summed E-state index contributed by atoms with van der Waals surface area (Å²) in [5.74, 6) is 0.215. The lowest BCUT2D eigenvalue weighted by molar-refractivity contribution is -0.125. The minimum absolute atomic E-state index is 0.0212. The van der Waals surface area contributed by atoms with E-state index in [0.29, 0.717) is 8.96 Å². The number of Topliss-reactive ketones (excluding diaryl/α,β-unsaturated/α-hetero) is 2. The van der Waals surface area contributed by atoms with Crippen molar-refractivity contribution in [1.29, 1.82) is 0 Å². The van der Waals surface area contributed by atoms with Crippen molar-refractivity contribution in [1.82, 2.24) is 0 Å². The van der Waals surface area contributed by atoms with Gasteiger partial charge in [-0.2, -0.15) is 0 Å². The second-order valence-corrected chi connectivity index (χ2v) is 7.05. The first-order chi connectivity index (χ1) is 7.78. The van der Waals surface area contributed by atoms with Gasteiger partial charge in [-0.1, -0.05) is 19.1 Å². The number of hydrogen-bond acceptors (Lipinski definition) is 2. The summed E-state index contributed by atoms with van der Waals surface area (Å²) in [6.07, 6.45) is 6.51. The second kappa shape index (κ2) is 4.16. The highest BCUT2D eigenvalue weighted by molar-refractivity contribution is 9.13. The first-order valence-electron chi connectivity index (χ1n) is 5.61. The summed E-state index contributed by atoms with van der Waals surface area (Å²) in [6, 6.07) is 0. The Morgan fingerprint density at radius 3 is 2.18 bits per heavy atom. The van der Waals surface area contributed by atoms with Crippen molar-refractivity contribution in [3.8, 4) is 0 Å². The quantitative estimate of drug-likeness (QED) is 0.709. The van der Waals surface area contributed by atoms with E-state index in [1.54, 1.807) is 6.92 Å². The molecule has 1 saturated carbocycles. The molecule has 0 aromatic heterocycles. The second-order valence-electron chi connectivity index (χ2n) is 5.34. The maximum absolute atomic E-state index is 11.7. The fourth-order valence-electron chi connectivity index (χ4n) is 2.75. The third-order valence-corrected chi connectivity index (χ3v) is 5.15. The van der Waals surface area contributed by atoms with Gasteiger partial charge in [0.1, 0.15) is 5.78 Å². The first-order valence-corrected chi connectivity index (χ1v) is 7.19. The molecule has 0 saturated heterocycles. The topological polar surface area (TPSA) is 34.1 Å². The van der Waals surface area contributed by atoms with Gasteiger partial charge in [-0.05, 0) is 58.0 Å². The molecule has 1 fully saturated rings. The molecule has 0 aromatic carbocycles. The monoisotopic (exact) mass is 360 g/mol. The predicted octanol–water partition coefficient (Wildman–Crippen LogP) is 3.89. The Kier molecular flexibility index (Phi) is 3.24. The molecular weight excluding hydrogens is 348 g/mol. The molecule has 1 atom stereocenters. The van der Waals surface area contributed by atoms with Gasteiger partial charge in [-0.25, -0.2) is 0 Å². The van der Waals surface area contributed by atoms with Crippen molar-refractivity contribution in [2.75, 3.05) is 0 Å². The average Bonchev–Trinajstić information content (AvgIpc) is 2.54. The molecule has 4 heteroatoms. The normalized spacial score (nSPS) is 31.4. The van der Waals surface area contributed by atoms with Gasteiger partial charge in [0.2, 0.25) is 5.78 Å². The molecule has 2 aliphatic carbocycles. The minimum atomic E-state index is -0.256. The van der Waals surface area contributed by atoms with E-state index < -0.39 is 0 Å². The van der Waals surface area contributed by atoms with Gasteiger partial charge in [0, 0.05) is 10.8 Å². The van der Waals surface area contributed by atoms with E-state index in [1.807, 2.05) is 19.1 Å². The van der Waals surface area contributed by atoms with Gasteiger partial charge in [-0.3, -0.25) is 9.59 Å². The molecule has 0 radical (unpaired) electrons. The Balaban J connectivity index is 2.36. The highest BCUT2D eigenvalue weighted by Gasteiger charge is 2.47. The molecule has 0 heterocycles. The summed E-state index contributed by atoms with van der Waals surface area (Å²) >= 11 is 6.62. The first kappa shape index (κ1) is 13.2. The lowest BCUT2D eigenvalue weighted by Crippen LogP contribution is -2.25. The van der Waals surface area contributed by atoms with E-state index >= 15 is 0 Å². The van der Waals surface area contributed by atoms with Gasteiger partial charge in [0.05, 0.1) is 8.96 Å². The van der Waals surface area contributed by atoms with Gasteiger partial charge < -0.3 is 0 Å². The lowest BCUT2D eigenvalue weighted by Gasteiger charge is -2.28. The van der Waals surface area contributed by atoms with Crippen LogP contribution in [0.15, 0.2) is 21.1 Å². The number of carbonyl (C=O) groups excluding carboxylic acids is 2. The number of hydrogen-bond donors (Lipinski definition) is 0. The van der Waals surface area contributed by atoms with E-state index in [-0.39, 0.29) is 22.4 Å². The van der Waals surface area contributed by atoms with Gasteiger partial charge >= 0.3 is 0 Å². The van der Waals surface area contributed by atoms with E-state index in [1.165, 1.54) is 0 Å². The van der Waals surface area contributed by atoms with Crippen molar-refractivity contribution in [2.24, 2.45) is 10.8 Å². The molecule has 0 bridgehead atoms. The average molecular weight is 362 g/mol. The van der Waals surface area contributed by atoms with Crippen LogP contribution in [0.4, 0.5) is 0 Å². The van der Waals surface area contributed by atoms with Crippen LogP contribution in [-0.4, -0.2) is 11.6 Å². The molecule has 1 unspecified atom stereocenters. The number of carbonyl (C=O) groups is 2. The molecule has 0 amide bonds. The zero-order valence-electron chi connectivity index (χ0n) is 9.85. The highest BCUT2D eigenvalue weighted by Crippen LogP contribution is 2.54. The number of rotatable bonds is 1. The number of allylic oxidation sites excluding steroid dienone is 4. The molecule has 1 spiro atoms. The summed E-state index contributed by atoms with van der Waals surface area (Å²) in [5.41, 5.74) is -0.403. The summed E-state index contributed by atoms with van der Waals surface area (Å²) in [4.78, 5) is 23.4. The molecular formula is C13H14Br2O2. The van der Waals surface area contributed by atoms with Crippen molar-refractivity contribution in [2.45, 2.75) is 33.1 Å². The van der Waals surface area contributed by atoms with Gasteiger partial charge in [-0.15, -0.1) is 0 Å². The minimum Gasteiger partial charge on any atom is -0.299 e. The Morgan fingerprint density at radius 1 is 1.24 bits per heavy atom. The van der Waals surface area contributed by atoms with E-state index in [9.17, 15) is 9.59 Å². The van der Waals surface area contributed by atoms with E-state index in [0.717, 1.165) is 19.3 Å². The Morgan fingerprint density at radius 2 is 1.76 bits per heavy atom. The molecule has 2 aliphatic rings. The maximum Gasteiger partial charge on any atom is 0.206 e. The summed E-state index contributed by atoms with van der Waals surface area (Å²) in [6.45, 7) is 3.68. The number of ketones is 2. The fourth-order valence-corrected chi connectivity index (χ4v) is 4.36. The molecule has 0 N–H and O–H groups in total. The molecule has 0 aromatic rings. The Bertz CT molecular complexity index is 440. The van der Waals surface area contributed by atoms with Crippen LogP contribution in [0.1, 0.15) is 33.1 Å². The third kappa shape index (κ3) is 2.22. The van der Waals surface area contributed by atoms with Gasteiger partial charge in [0.15, 0.2) is 0 Å². The van der Waals surface area contributed by atoms with Crippen LogP contribution in [0.2, 0.25) is 0 Å². The van der Waals surface area contributed by atoms with Gasteiger partial charge in [0.25, 0.3) is 0 Å². The summed E-state index contributed by atoms with van der Waals surface area (Å²) in [5, 5.41) is 0. The molecule has 17 heavy (non-hydrogen) atoms. The van der Waals surface area contributed by atoms with E-state index in [2.05, 4.69) is 31.9 Å². The van der Waals surface area contributed by atoms with Crippen molar-refractivity contribution >= 4 is 43.4 Å². The maximum atomic E-state index is 11.7. The fraction of sp³-hybridized carbons (Fsp3) is 0.538. The predicted molar refractivity (Wildman–Crippen MR) is 74.1 cm³/mol. The van der Waals surface area contributed by atoms with Crippen LogP contribution < -0.4 is 0 Å². The van der Waals surface area contributed by atoms with Crippen LogP contribution in [-0.2, 0) is 9.59 Å². The van der Waals surface area contributed by atoms with Crippen molar-refractivity contribution < 1.29 is 9.59 Å². The molecule has 0 aliphatic heterocycles. The van der Waals surface area contributed by atoms with Crippen LogP contribution in [0, 0.1) is 10.8 Å². The molecule has 2 rings (SSSR count). The Hall–Kier alpha value is -0.220. The molecule has 2 nitrogen and oxygen atoms in total. The van der Waals surface area contributed by atoms with Crippen LogP contribution >= 0.6 is 31.9 Å².